The highest BCUT2D eigenvalue weighted by molar-refractivity contribution is 5.79. The number of nitrogens with zero attached hydrogens (tertiary/aromatic N) is 3. The Balaban J connectivity index is 1.87. The molecule has 0 spiro atoms. The molecule has 1 N–H and O–H groups in total. The molecule has 0 amide bonds. The Labute approximate surface area is 147 Å². The Morgan fingerprint density at radius 3 is 2.32 bits per heavy atom. The Morgan fingerprint density at radius 2 is 1.84 bits per heavy atom. The summed E-state index contributed by atoms with van der Waals surface area (Å²) in [6, 6.07) is 6.34. The fourth-order valence-electron chi connectivity index (χ4n) is 2.76. The van der Waals surface area contributed by atoms with Crippen molar-refractivity contribution in [3.63, 3.8) is 0 Å². The van der Waals surface area contributed by atoms with Crippen molar-refractivity contribution in [3.8, 4) is 0 Å². The van der Waals surface area contributed by atoms with Crippen LogP contribution in [0.25, 0.3) is 0 Å². The van der Waals surface area contributed by atoms with Gasteiger partial charge < -0.3 is 10.2 Å². The molecule has 1 atom stereocenters. The molecule has 0 aliphatic heterocycles. The molecule has 1 unspecified atom stereocenters. The molecule has 4 nitrogen and oxygen atoms in total. The van der Waals surface area contributed by atoms with Gasteiger partial charge in [0.15, 0.2) is 5.96 Å². The Morgan fingerprint density at radius 1 is 1.24 bits per heavy atom. The van der Waals surface area contributed by atoms with Gasteiger partial charge in [-0.1, -0.05) is 12.1 Å². The van der Waals surface area contributed by atoms with Crippen molar-refractivity contribution < 1.29 is 13.2 Å². The molecule has 0 saturated heterocycles. The van der Waals surface area contributed by atoms with E-state index in [-0.39, 0.29) is 0 Å². The molecule has 25 heavy (non-hydrogen) atoms. The van der Waals surface area contributed by atoms with Gasteiger partial charge in [0.1, 0.15) is 0 Å². The fourth-order valence-corrected chi connectivity index (χ4v) is 2.76. The van der Waals surface area contributed by atoms with E-state index in [2.05, 4.69) is 29.2 Å². The van der Waals surface area contributed by atoms with Crippen molar-refractivity contribution in [2.45, 2.75) is 44.6 Å². The van der Waals surface area contributed by atoms with Gasteiger partial charge in [0.2, 0.25) is 0 Å². The van der Waals surface area contributed by atoms with Crippen LogP contribution in [0.15, 0.2) is 29.3 Å². The van der Waals surface area contributed by atoms with Crippen LogP contribution < -0.4 is 5.32 Å². The summed E-state index contributed by atoms with van der Waals surface area (Å²) in [5, 5.41) is 3.34. The first kappa shape index (κ1) is 19.6. The zero-order chi connectivity index (χ0) is 18.6. The Bertz CT molecular complexity index is 579. The van der Waals surface area contributed by atoms with Crippen LogP contribution in [-0.2, 0) is 12.7 Å². The van der Waals surface area contributed by atoms with Crippen molar-refractivity contribution in [1.82, 2.24) is 15.1 Å². The van der Waals surface area contributed by atoms with E-state index in [4.69, 9.17) is 0 Å². The molecule has 140 valence electrons. The van der Waals surface area contributed by atoms with E-state index in [0.717, 1.165) is 30.2 Å². The van der Waals surface area contributed by atoms with Crippen molar-refractivity contribution in [2.75, 3.05) is 27.7 Å². The average molecular weight is 356 g/mol. The minimum absolute atomic E-state index is 0.392. The summed E-state index contributed by atoms with van der Waals surface area (Å²) in [5.74, 6) is 0.732. The quantitative estimate of drug-likeness (QED) is 0.627. The number of guanidine groups is 1. The summed E-state index contributed by atoms with van der Waals surface area (Å²) in [7, 11) is 5.72. The van der Waals surface area contributed by atoms with Crippen molar-refractivity contribution in [3.05, 3.63) is 35.4 Å². The standard InChI is InChI=1S/C18H27F3N4/c1-13(25(4)16-9-10-16)11-23-17(22-2)24(3)12-14-5-7-15(8-6-14)18(19,20)21/h5-8,13,16H,9-12H2,1-4H3,(H,22,23). The molecule has 1 fully saturated rings. The largest absolute Gasteiger partial charge is 0.416 e. The summed E-state index contributed by atoms with van der Waals surface area (Å²) < 4.78 is 37.9. The van der Waals surface area contributed by atoms with Gasteiger partial charge in [-0.2, -0.15) is 13.2 Å². The lowest BCUT2D eigenvalue weighted by molar-refractivity contribution is -0.137. The average Bonchev–Trinajstić information content (AvgIpc) is 3.39. The molecular weight excluding hydrogens is 329 g/mol. The zero-order valence-corrected chi connectivity index (χ0v) is 15.3. The monoisotopic (exact) mass is 356 g/mol. The van der Waals surface area contributed by atoms with E-state index in [9.17, 15) is 13.2 Å². The highest BCUT2D eigenvalue weighted by Crippen LogP contribution is 2.29. The van der Waals surface area contributed by atoms with Crippen molar-refractivity contribution in [1.29, 1.82) is 0 Å². The third kappa shape index (κ3) is 5.63. The minimum atomic E-state index is -4.30. The zero-order valence-electron chi connectivity index (χ0n) is 15.3. The normalized spacial score (nSPS) is 16.9. The first-order chi connectivity index (χ1) is 11.7. The second kappa shape index (κ2) is 8.08. The Kier molecular flexibility index (Phi) is 6.32. The molecule has 1 aromatic rings. The highest BCUT2D eigenvalue weighted by Gasteiger charge is 2.30. The molecule has 0 heterocycles. The molecular formula is C18H27F3N4. The molecule has 0 aromatic heterocycles. The van der Waals surface area contributed by atoms with E-state index in [1.807, 2.05) is 11.9 Å². The lowest BCUT2D eigenvalue weighted by Gasteiger charge is -2.28. The smallest absolute Gasteiger partial charge is 0.355 e. The summed E-state index contributed by atoms with van der Waals surface area (Å²) in [5.41, 5.74) is 0.181. The summed E-state index contributed by atoms with van der Waals surface area (Å²) >= 11 is 0. The predicted octanol–water partition coefficient (Wildman–Crippen LogP) is 3.20. The van der Waals surface area contributed by atoms with Crippen molar-refractivity contribution in [2.24, 2.45) is 4.99 Å². The van der Waals surface area contributed by atoms with Crippen LogP contribution in [0.1, 0.15) is 30.9 Å². The van der Waals surface area contributed by atoms with E-state index in [1.165, 1.54) is 25.0 Å². The fraction of sp³-hybridized carbons (Fsp3) is 0.611. The van der Waals surface area contributed by atoms with E-state index < -0.39 is 11.7 Å². The maximum Gasteiger partial charge on any atom is 0.416 e. The topological polar surface area (TPSA) is 30.9 Å². The van der Waals surface area contributed by atoms with Crippen LogP contribution >= 0.6 is 0 Å². The molecule has 7 heteroatoms. The number of hydrogen-bond acceptors (Lipinski definition) is 2. The second-order valence-electron chi connectivity index (χ2n) is 6.72. The molecule has 1 aliphatic rings. The SMILES string of the molecule is CN=C(NCC(C)N(C)C1CC1)N(C)Cc1ccc(C(F)(F)F)cc1. The number of nitrogens with one attached hydrogen (secondary N) is 1. The number of rotatable bonds is 6. The van der Waals surface area contributed by atoms with Crippen LogP contribution in [0.5, 0.6) is 0 Å². The molecule has 2 rings (SSSR count). The van der Waals surface area contributed by atoms with Crippen LogP contribution in [0.2, 0.25) is 0 Å². The lowest BCUT2D eigenvalue weighted by atomic mass is 10.1. The van der Waals surface area contributed by atoms with E-state index >= 15 is 0 Å². The predicted molar refractivity (Wildman–Crippen MR) is 94.5 cm³/mol. The summed E-state index contributed by atoms with van der Waals surface area (Å²) in [6.45, 7) is 3.44. The maximum absolute atomic E-state index is 12.6. The third-order valence-electron chi connectivity index (χ3n) is 4.65. The number of likely N-dealkylation sites (N-methyl/N-ethyl adjacent to an activating group) is 1. The van der Waals surface area contributed by atoms with Crippen LogP contribution in [0, 0.1) is 0 Å². The van der Waals surface area contributed by atoms with Gasteiger partial charge in [-0.3, -0.25) is 9.89 Å². The van der Waals surface area contributed by atoms with Crippen LogP contribution in [0.4, 0.5) is 13.2 Å². The minimum Gasteiger partial charge on any atom is -0.355 e. The lowest BCUT2D eigenvalue weighted by Crippen LogP contribution is -2.45. The van der Waals surface area contributed by atoms with Crippen LogP contribution in [0.3, 0.4) is 0 Å². The Hall–Kier alpha value is -1.76. The number of hydrogen-bond donors (Lipinski definition) is 1. The number of alkyl halides is 3. The van der Waals surface area contributed by atoms with Gasteiger partial charge in [0, 0.05) is 39.3 Å². The molecule has 0 bridgehead atoms. The molecule has 1 aromatic carbocycles. The van der Waals surface area contributed by atoms with Gasteiger partial charge in [-0.15, -0.1) is 0 Å². The third-order valence-corrected chi connectivity index (χ3v) is 4.65. The first-order valence-electron chi connectivity index (χ1n) is 8.52. The summed E-state index contributed by atoms with van der Waals surface area (Å²) in [4.78, 5) is 8.55. The molecule has 1 aliphatic carbocycles. The van der Waals surface area contributed by atoms with Gasteiger partial charge >= 0.3 is 6.18 Å². The van der Waals surface area contributed by atoms with Crippen LogP contribution in [-0.4, -0.2) is 55.5 Å². The van der Waals surface area contributed by atoms with Gasteiger partial charge in [0.05, 0.1) is 5.56 Å². The maximum atomic E-state index is 12.6. The summed E-state index contributed by atoms with van der Waals surface area (Å²) in [6.07, 6.45) is -1.77. The first-order valence-corrected chi connectivity index (χ1v) is 8.52. The highest BCUT2D eigenvalue weighted by atomic mass is 19.4. The van der Waals surface area contributed by atoms with E-state index in [0.29, 0.717) is 18.6 Å². The molecule has 0 radical (unpaired) electrons. The van der Waals surface area contributed by atoms with Gasteiger partial charge in [0.25, 0.3) is 0 Å². The van der Waals surface area contributed by atoms with Gasteiger partial charge in [-0.05, 0) is 44.5 Å². The molecule has 1 saturated carbocycles. The number of benzene rings is 1. The number of halogens is 3. The second-order valence-corrected chi connectivity index (χ2v) is 6.72. The van der Waals surface area contributed by atoms with Crippen molar-refractivity contribution >= 4 is 5.96 Å². The van der Waals surface area contributed by atoms with Gasteiger partial charge in [-0.25, -0.2) is 0 Å². The van der Waals surface area contributed by atoms with E-state index in [1.54, 1.807) is 7.05 Å². The number of aliphatic imine (C=N–C) groups is 1.